The summed E-state index contributed by atoms with van der Waals surface area (Å²) in [6.45, 7) is 1.27. The van der Waals surface area contributed by atoms with E-state index in [0.717, 1.165) is 10.5 Å². The predicted octanol–water partition coefficient (Wildman–Crippen LogP) is 2.83. The summed E-state index contributed by atoms with van der Waals surface area (Å²) in [4.78, 5) is 35.7. The van der Waals surface area contributed by atoms with Crippen molar-refractivity contribution < 1.29 is 19.1 Å². The molecule has 0 atom stereocenters. The average molecular weight is 296 g/mol. The zero-order valence-electron chi connectivity index (χ0n) is 12.0. The van der Waals surface area contributed by atoms with Gasteiger partial charge in [-0.3, -0.25) is 9.59 Å². The first kappa shape index (κ1) is 15.4. The Labute approximate surface area is 128 Å². The number of anilines is 1. The summed E-state index contributed by atoms with van der Waals surface area (Å²) in [5.41, 5.74) is 1.08. The van der Waals surface area contributed by atoms with Crippen LogP contribution in [-0.2, 0) is 20.9 Å². The van der Waals surface area contributed by atoms with Crippen LogP contribution >= 0.6 is 0 Å². The molecule has 5 nitrogen and oxygen atoms in total. The van der Waals surface area contributed by atoms with Crippen LogP contribution in [0.1, 0.15) is 18.1 Å². The third-order valence-corrected chi connectivity index (χ3v) is 2.96. The zero-order chi connectivity index (χ0) is 15.9. The van der Waals surface area contributed by atoms with E-state index in [1.807, 2.05) is 18.2 Å². The molecule has 0 spiro atoms. The highest BCUT2D eigenvalue weighted by molar-refractivity contribution is 6.13. The lowest BCUT2D eigenvalue weighted by atomic mass is 10.2. The van der Waals surface area contributed by atoms with Crippen LogP contribution in [0.25, 0.3) is 0 Å². The van der Waals surface area contributed by atoms with E-state index in [9.17, 15) is 14.4 Å². The molecule has 0 saturated carbocycles. The Morgan fingerprint density at radius 2 is 1.68 bits per heavy atom. The van der Waals surface area contributed by atoms with E-state index in [1.54, 1.807) is 30.6 Å². The number of imide groups is 1. The van der Waals surface area contributed by atoms with E-state index in [-0.39, 0.29) is 17.9 Å². The average Bonchev–Trinajstić information content (AvgIpc) is 2.54. The van der Waals surface area contributed by atoms with Gasteiger partial charge in [0, 0.05) is 6.92 Å². The van der Waals surface area contributed by atoms with Crippen molar-refractivity contribution in [1.82, 2.24) is 0 Å². The molecule has 1 radical (unpaired) electrons. The van der Waals surface area contributed by atoms with Gasteiger partial charge in [-0.25, -0.2) is 9.69 Å². The van der Waals surface area contributed by atoms with E-state index < -0.39 is 12.0 Å². The Hall–Kier alpha value is -2.95. The summed E-state index contributed by atoms with van der Waals surface area (Å²) in [6, 6.07) is 15.3. The first-order chi connectivity index (χ1) is 10.6. The van der Waals surface area contributed by atoms with E-state index in [1.165, 1.54) is 19.1 Å². The van der Waals surface area contributed by atoms with Gasteiger partial charge in [0.1, 0.15) is 6.61 Å². The maximum absolute atomic E-state index is 12.2. The van der Waals surface area contributed by atoms with Gasteiger partial charge in [-0.05, 0) is 17.7 Å². The van der Waals surface area contributed by atoms with Crippen molar-refractivity contribution in [3.63, 3.8) is 0 Å². The molecule has 2 amide bonds. The molecule has 0 N–H and O–H groups in total. The van der Waals surface area contributed by atoms with Gasteiger partial charge in [0.25, 0.3) is 0 Å². The lowest BCUT2D eigenvalue weighted by Gasteiger charge is -2.20. The zero-order valence-corrected chi connectivity index (χ0v) is 12.0. The van der Waals surface area contributed by atoms with Gasteiger partial charge in [0.15, 0.2) is 0 Å². The predicted molar refractivity (Wildman–Crippen MR) is 81.0 cm³/mol. The van der Waals surface area contributed by atoms with Crippen LogP contribution in [0.15, 0.2) is 54.6 Å². The molecule has 5 heteroatoms. The normalized spacial score (nSPS) is 9.86. The number of benzene rings is 2. The third kappa shape index (κ3) is 3.58. The molecular formula is C17H14NO4. The van der Waals surface area contributed by atoms with Crippen molar-refractivity contribution in [3.05, 3.63) is 65.7 Å². The van der Waals surface area contributed by atoms with Crippen molar-refractivity contribution in [2.45, 2.75) is 13.5 Å². The molecule has 0 heterocycles. The van der Waals surface area contributed by atoms with Crippen LogP contribution < -0.4 is 4.90 Å². The molecule has 0 aliphatic carbocycles. The van der Waals surface area contributed by atoms with Gasteiger partial charge in [-0.1, -0.05) is 42.5 Å². The second kappa shape index (κ2) is 7.17. The summed E-state index contributed by atoms with van der Waals surface area (Å²) in [6.07, 6.45) is 0.874. The molecule has 0 aromatic heterocycles. The highest BCUT2D eigenvalue weighted by atomic mass is 16.6. The van der Waals surface area contributed by atoms with E-state index in [0.29, 0.717) is 0 Å². The number of carbonyl (C=O) groups is 2. The van der Waals surface area contributed by atoms with Gasteiger partial charge in [-0.2, -0.15) is 0 Å². The number of ether oxygens (including phenoxy) is 1. The molecule has 2 rings (SSSR count). The molecule has 0 fully saturated rings. The Kier molecular flexibility index (Phi) is 5.03. The number of hydrogen-bond donors (Lipinski definition) is 0. The van der Waals surface area contributed by atoms with E-state index in [2.05, 4.69) is 0 Å². The second-order valence-electron chi connectivity index (χ2n) is 4.51. The second-order valence-corrected chi connectivity index (χ2v) is 4.51. The van der Waals surface area contributed by atoms with Crippen LogP contribution in [0.3, 0.4) is 0 Å². The summed E-state index contributed by atoms with van der Waals surface area (Å²) in [5, 5.41) is 0. The smallest absolute Gasteiger partial charge is 0.421 e. The fraction of sp³-hybridized carbons (Fsp3) is 0.118. The number of carbonyl (C=O) groups excluding carboxylic acids is 3. The minimum atomic E-state index is -0.834. The molecule has 0 bridgehead atoms. The molecule has 22 heavy (non-hydrogen) atoms. The van der Waals surface area contributed by atoms with Crippen LogP contribution in [-0.4, -0.2) is 18.3 Å². The third-order valence-electron chi connectivity index (χ3n) is 2.96. The largest absolute Gasteiger partial charge is 0.444 e. The number of nitrogens with zero attached hydrogens (tertiary/aromatic N) is 1. The molecule has 0 aliphatic rings. The number of rotatable bonds is 4. The Morgan fingerprint density at radius 3 is 2.32 bits per heavy atom. The highest BCUT2D eigenvalue weighted by Gasteiger charge is 2.24. The quantitative estimate of drug-likeness (QED) is 0.870. The van der Waals surface area contributed by atoms with Crippen molar-refractivity contribution in [3.8, 4) is 0 Å². The van der Waals surface area contributed by atoms with E-state index >= 15 is 0 Å². The topological polar surface area (TPSA) is 63.7 Å². The lowest BCUT2D eigenvalue weighted by Crippen LogP contribution is -2.36. The van der Waals surface area contributed by atoms with Crippen LogP contribution in [0.5, 0.6) is 0 Å². The first-order valence-electron chi connectivity index (χ1n) is 6.62. The molecule has 2 aromatic rings. The lowest BCUT2D eigenvalue weighted by molar-refractivity contribution is -0.116. The molecule has 111 valence electrons. The summed E-state index contributed by atoms with van der Waals surface area (Å²) >= 11 is 0. The molecule has 0 aliphatic heterocycles. The SMILES string of the molecule is CC(=O)N(C(=O)OCc1ccccc1)c1ccccc1[C]=O. The number of para-hydroxylation sites is 1. The maximum Gasteiger partial charge on any atom is 0.421 e. The van der Waals surface area contributed by atoms with Gasteiger partial charge >= 0.3 is 6.09 Å². The van der Waals surface area contributed by atoms with Gasteiger partial charge in [-0.15, -0.1) is 0 Å². The van der Waals surface area contributed by atoms with Crippen molar-refractivity contribution in [2.75, 3.05) is 4.90 Å². The van der Waals surface area contributed by atoms with Crippen LogP contribution in [0, 0.1) is 0 Å². The van der Waals surface area contributed by atoms with Crippen molar-refractivity contribution in [2.24, 2.45) is 0 Å². The van der Waals surface area contributed by atoms with Gasteiger partial charge in [0.05, 0.1) is 11.3 Å². The first-order valence-corrected chi connectivity index (χ1v) is 6.62. The number of amides is 2. The van der Waals surface area contributed by atoms with Gasteiger partial charge < -0.3 is 4.74 Å². The Balaban J connectivity index is 2.19. The summed E-state index contributed by atoms with van der Waals surface area (Å²) in [5.74, 6) is -0.541. The van der Waals surface area contributed by atoms with Gasteiger partial charge in [0.2, 0.25) is 12.2 Å². The number of hydrogen-bond acceptors (Lipinski definition) is 4. The highest BCUT2D eigenvalue weighted by Crippen LogP contribution is 2.20. The minimum Gasteiger partial charge on any atom is -0.444 e. The maximum atomic E-state index is 12.2. The monoisotopic (exact) mass is 296 g/mol. The van der Waals surface area contributed by atoms with E-state index in [4.69, 9.17) is 4.74 Å². The van der Waals surface area contributed by atoms with Crippen molar-refractivity contribution in [1.29, 1.82) is 0 Å². The summed E-state index contributed by atoms with van der Waals surface area (Å²) in [7, 11) is 0. The summed E-state index contributed by atoms with van der Waals surface area (Å²) < 4.78 is 5.14. The van der Waals surface area contributed by atoms with Crippen molar-refractivity contribution >= 4 is 24.0 Å². The van der Waals surface area contributed by atoms with Crippen LogP contribution in [0.2, 0.25) is 0 Å². The minimum absolute atomic E-state index is 0.0381. The van der Waals surface area contributed by atoms with Crippen LogP contribution in [0.4, 0.5) is 10.5 Å². The fourth-order valence-corrected chi connectivity index (χ4v) is 1.94. The fourth-order valence-electron chi connectivity index (χ4n) is 1.94. The molecular weight excluding hydrogens is 282 g/mol. The molecule has 2 aromatic carbocycles. The molecule has 0 saturated heterocycles. The Morgan fingerprint density at radius 1 is 1.05 bits per heavy atom. The Bertz CT molecular complexity index is 682. The standard InChI is InChI=1S/C17H14NO4/c1-13(20)18(16-10-6-5-9-15(16)11-19)17(21)22-12-14-7-3-2-4-8-14/h2-10H,12H2,1H3. The molecule has 0 unspecified atom stereocenters.